The molecule has 0 aliphatic heterocycles. The number of hydrogen-bond donors (Lipinski definition) is 0. The Morgan fingerprint density at radius 3 is 2.62 bits per heavy atom. The van der Waals surface area contributed by atoms with Gasteiger partial charge in [0.2, 0.25) is 10.0 Å². The quantitative estimate of drug-likeness (QED) is 0.385. The molecule has 0 fully saturated rings. The van der Waals surface area contributed by atoms with Gasteiger partial charge in [-0.1, -0.05) is 49.4 Å². The fraction of sp³-hybridized carbons (Fsp3) is 0.190. The number of benzene rings is 2. The van der Waals surface area contributed by atoms with Crippen molar-refractivity contribution in [1.82, 2.24) is 13.7 Å². The van der Waals surface area contributed by atoms with Crippen LogP contribution in [-0.4, -0.2) is 41.0 Å². The van der Waals surface area contributed by atoms with Gasteiger partial charge in [-0.3, -0.25) is 4.40 Å². The van der Waals surface area contributed by atoms with Crippen LogP contribution in [-0.2, 0) is 10.0 Å². The lowest BCUT2D eigenvalue weighted by molar-refractivity contribution is 0.448. The van der Waals surface area contributed by atoms with Gasteiger partial charge >= 0.3 is 0 Å². The molecule has 8 heteroatoms. The summed E-state index contributed by atoms with van der Waals surface area (Å²) in [4.78, 5) is 4.66. The number of pyridine rings is 1. The van der Waals surface area contributed by atoms with Crippen molar-refractivity contribution in [2.75, 3.05) is 18.8 Å². The van der Waals surface area contributed by atoms with Crippen LogP contribution in [0.15, 0.2) is 83.0 Å². The number of nitrogens with zero attached hydrogens (tertiary/aromatic N) is 3. The van der Waals surface area contributed by atoms with E-state index in [1.54, 1.807) is 34.4 Å². The van der Waals surface area contributed by atoms with E-state index < -0.39 is 10.0 Å². The van der Waals surface area contributed by atoms with Crippen molar-refractivity contribution >= 4 is 50.6 Å². The average Bonchev–Trinajstić information content (AvgIpc) is 3.20. The molecule has 4 aromatic rings. The average molecular weight is 448 g/mol. The van der Waals surface area contributed by atoms with Crippen LogP contribution in [0.4, 0.5) is 0 Å². The Kier molecular flexibility index (Phi) is 6.85. The predicted molar refractivity (Wildman–Crippen MR) is 122 cm³/mol. The largest absolute Gasteiger partial charge is 0.294 e. The van der Waals surface area contributed by atoms with E-state index in [-0.39, 0.29) is 12.4 Å². The number of fused-ring (bicyclic) bond motifs is 2. The lowest BCUT2D eigenvalue weighted by Crippen LogP contribution is -2.33. The van der Waals surface area contributed by atoms with Crippen LogP contribution in [0.5, 0.6) is 0 Å². The molecule has 2 aromatic heterocycles. The summed E-state index contributed by atoms with van der Waals surface area (Å²) in [7, 11) is -3.56. The third-order valence-electron chi connectivity index (χ3n) is 4.70. The second kappa shape index (κ2) is 9.17. The molecule has 0 spiro atoms. The number of rotatable bonds is 7. The van der Waals surface area contributed by atoms with Gasteiger partial charge in [-0.25, -0.2) is 13.4 Å². The van der Waals surface area contributed by atoms with Crippen LogP contribution in [0.2, 0.25) is 0 Å². The monoisotopic (exact) mass is 447 g/mol. The van der Waals surface area contributed by atoms with Gasteiger partial charge in [0.1, 0.15) is 5.65 Å². The number of thioether (sulfide) groups is 1. The Hall–Kier alpha value is -2.06. The Bertz CT molecular complexity index is 1220. The van der Waals surface area contributed by atoms with Crippen LogP contribution in [0, 0.1) is 0 Å². The van der Waals surface area contributed by atoms with Gasteiger partial charge < -0.3 is 0 Å². The van der Waals surface area contributed by atoms with Gasteiger partial charge in [-0.15, -0.1) is 24.2 Å². The zero-order valence-electron chi connectivity index (χ0n) is 15.9. The van der Waals surface area contributed by atoms with Crippen molar-refractivity contribution in [2.45, 2.75) is 16.8 Å². The predicted octanol–water partition coefficient (Wildman–Crippen LogP) is 4.71. The van der Waals surface area contributed by atoms with E-state index in [0.717, 1.165) is 21.4 Å². The molecule has 0 unspecified atom stereocenters. The highest BCUT2D eigenvalue weighted by molar-refractivity contribution is 7.99. The highest BCUT2D eigenvalue weighted by Gasteiger charge is 2.24. The van der Waals surface area contributed by atoms with E-state index in [2.05, 4.69) is 4.98 Å². The molecule has 0 aliphatic carbocycles. The normalized spacial score (nSPS) is 11.8. The standard InChI is InChI=1S/C21H21N3O2S2.ClH/c1-2-23(15-16-27-21-12-6-11-20-22-13-14-24(20)21)28(25,26)19-10-5-8-17-7-3-4-9-18(17)19;/h3-14H,2,15-16H2,1H3;1H. The van der Waals surface area contributed by atoms with Gasteiger partial charge in [-0.2, -0.15) is 4.31 Å². The molecule has 5 nitrogen and oxygen atoms in total. The Labute approximate surface area is 181 Å². The maximum absolute atomic E-state index is 13.3. The minimum absolute atomic E-state index is 0. The maximum Gasteiger partial charge on any atom is 0.243 e. The molecule has 0 amide bonds. The van der Waals surface area contributed by atoms with E-state index in [1.807, 2.05) is 66.1 Å². The zero-order valence-corrected chi connectivity index (χ0v) is 18.4. The number of hydrogen-bond acceptors (Lipinski definition) is 4. The first-order valence-electron chi connectivity index (χ1n) is 9.14. The first-order valence-corrected chi connectivity index (χ1v) is 11.6. The molecule has 152 valence electrons. The Balaban J connectivity index is 0.00000240. The fourth-order valence-corrected chi connectivity index (χ4v) is 6.07. The van der Waals surface area contributed by atoms with Crippen molar-refractivity contribution < 1.29 is 8.42 Å². The van der Waals surface area contributed by atoms with Crippen LogP contribution < -0.4 is 0 Å². The summed E-state index contributed by atoms with van der Waals surface area (Å²) in [5.41, 5.74) is 0.890. The highest BCUT2D eigenvalue weighted by atomic mass is 35.5. The zero-order chi connectivity index (χ0) is 19.6. The lowest BCUT2D eigenvalue weighted by atomic mass is 10.1. The number of halogens is 1. The summed E-state index contributed by atoms with van der Waals surface area (Å²) in [6, 6.07) is 19.0. The second-order valence-electron chi connectivity index (χ2n) is 6.34. The third-order valence-corrected chi connectivity index (χ3v) is 7.75. The van der Waals surface area contributed by atoms with Crippen molar-refractivity contribution in [3.05, 3.63) is 73.1 Å². The van der Waals surface area contributed by atoms with Crippen LogP contribution in [0.25, 0.3) is 16.4 Å². The van der Waals surface area contributed by atoms with Gasteiger partial charge in [0, 0.05) is 36.6 Å². The number of sulfonamides is 1. The summed E-state index contributed by atoms with van der Waals surface area (Å²) in [6.07, 6.45) is 3.69. The molecule has 0 bridgehead atoms. The van der Waals surface area contributed by atoms with Gasteiger partial charge in [0.15, 0.2) is 0 Å². The van der Waals surface area contributed by atoms with E-state index in [0.29, 0.717) is 23.7 Å². The first kappa shape index (κ1) is 21.6. The molecule has 0 saturated heterocycles. The van der Waals surface area contributed by atoms with E-state index in [1.165, 1.54) is 0 Å². The highest BCUT2D eigenvalue weighted by Crippen LogP contribution is 2.26. The molecule has 0 radical (unpaired) electrons. The second-order valence-corrected chi connectivity index (χ2v) is 9.36. The Morgan fingerprint density at radius 2 is 1.79 bits per heavy atom. The van der Waals surface area contributed by atoms with Gasteiger partial charge in [0.05, 0.1) is 9.92 Å². The topological polar surface area (TPSA) is 54.7 Å². The van der Waals surface area contributed by atoms with Crippen molar-refractivity contribution in [3.63, 3.8) is 0 Å². The van der Waals surface area contributed by atoms with Crippen LogP contribution in [0.1, 0.15) is 6.92 Å². The summed E-state index contributed by atoms with van der Waals surface area (Å²) in [5, 5.41) is 2.74. The van der Waals surface area contributed by atoms with Crippen molar-refractivity contribution in [1.29, 1.82) is 0 Å². The van der Waals surface area contributed by atoms with E-state index >= 15 is 0 Å². The smallest absolute Gasteiger partial charge is 0.243 e. The van der Waals surface area contributed by atoms with E-state index in [4.69, 9.17) is 0 Å². The summed E-state index contributed by atoms with van der Waals surface area (Å²) >= 11 is 1.63. The van der Waals surface area contributed by atoms with Gasteiger partial charge in [0.25, 0.3) is 0 Å². The molecule has 0 N–H and O–H groups in total. The van der Waals surface area contributed by atoms with Crippen LogP contribution >= 0.6 is 24.2 Å². The Morgan fingerprint density at radius 1 is 1.03 bits per heavy atom. The molecule has 0 saturated carbocycles. The van der Waals surface area contributed by atoms with E-state index in [9.17, 15) is 8.42 Å². The third kappa shape index (κ3) is 4.28. The minimum Gasteiger partial charge on any atom is -0.294 e. The molecular formula is C21H22ClN3O2S2. The molecule has 2 heterocycles. The lowest BCUT2D eigenvalue weighted by Gasteiger charge is -2.21. The molecule has 2 aromatic carbocycles. The first-order chi connectivity index (χ1) is 13.6. The van der Waals surface area contributed by atoms with Crippen molar-refractivity contribution in [2.24, 2.45) is 0 Å². The molecule has 4 rings (SSSR count). The molecule has 0 aliphatic rings. The number of imidazole rings is 1. The maximum atomic E-state index is 13.3. The minimum atomic E-state index is -3.56. The summed E-state index contributed by atoms with van der Waals surface area (Å²) in [5.74, 6) is 0.662. The van der Waals surface area contributed by atoms with Gasteiger partial charge in [-0.05, 0) is 23.6 Å². The number of aromatic nitrogens is 2. The van der Waals surface area contributed by atoms with Crippen LogP contribution in [0.3, 0.4) is 0 Å². The summed E-state index contributed by atoms with van der Waals surface area (Å²) < 4.78 is 30.1. The molecule has 0 atom stereocenters. The van der Waals surface area contributed by atoms with Crippen molar-refractivity contribution in [3.8, 4) is 0 Å². The molecular weight excluding hydrogens is 426 g/mol. The summed E-state index contributed by atoms with van der Waals surface area (Å²) in [6.45, 7) is 2.75. The molecule has 29 heavy (non-hydrogen) atoms. The SMILES string of the molecule is CCN(CCSc1cccc2nccn12)S(=O)(=O)c1cccc2ccccc12.Cl. The fourth-order valence-electron chi connectivity index (χ4n) is 3.30.